The second-order valence-corrected chi connectivity index (χ2v) is 8.99. The molecule has 0 saturated carbocycles. The smallest absolute Gasteiger partial charge is 0.283 e. The van der Waals surface area contributed by atoms with Crippen LogP contribution in [0.1, 0.15) is 17.0 Å². The number of fused-ring (bicyclic) bond motifs is 1. The minimum absolute atomic E-state index is 0.0267. The number of nitrogens with zero attached hydrogens (tertiary/aromatic N) is 4. The molecule has 1 aromatic heterocycles. The van der Waals surface area contributed by atoms with Gasteiger partial charge in [-0.25, -0.2) is 0 Å². The van der Waals surface area contributed by atoms with E-state index < -0.39 is 5.91 Å². The van der Waals surface area contributed by atoms with Crippen molar-refractivity contribution in [3.8, 4) is 11.4 Å². The zero-order valence-corrected chi connectivity index (χ0v) is 19.1. The molecule has 1 amide bonds. The van der Waals surface area contributed by atoms with Crippen LogP contribution in [-0.2, 0) is 4.79 Å². The molecule has 2 aliphatic rings. The summed E-state index contributed by atoms with van der Waals surface area (Å²) in [5, 5.41) is 15.2. The summed E-state index contributed by atoms with van der Waals surface area (Å²) in [6, 6.07) is 7.54. The van der Waals surface area contributed by atoms with Gasteiger partial charge in [-0.15, -0.1) is 16.9 Å². The highest BCUT2D eigenvalue weighted by Gasteiger charge is 2.35. The number of hydrogen-bond donors (Lipinski definition) is 1. The molecule has 2 aromatic rings. The molecule has 3 heterocycles. The number of benzene rings is 1. The first-order valence-electron chi connectivity index (χ1n) is 8.91. The van der Waals surface area contributed by atoms with Crippen LogP contribution in [0.3, 0.4) is 0 Å². The third-order valence-electron chi connectivity index (χ3n) is 4.77. The Morgan fingerprint density at radius 1 is 1.30 bits per heavy atom. The van der Waals surface area contributed by atoms with Gasteiger partial charge < -0.3 is 9.30 Å². The first kappa shape index (κ1) is 20.8. The number of ether oxygens (including phenoxy) is 1. The van der Waals surface area contributed by atoms with Gasteiger partial charge in [0.25, 0.3) is 5.91 Å². The van der Waals surface area contributed by atoms with Crippen LogP contribution in [-0.4, -0.2) is 44.2 Å². The quantitative estimate of drug-likeness (QED) is 0.673. The number of amidine groups is 2. The second kappa shape index (κ2) is 7.98. The van der Waals surface area contributed by atoms with Crippen molar-refractivity contribution in [1.82, 2.24) is 9.58 Å². The van der Waals surface area contributed by atoms with E-state index in [-0.39, 0.29) is 11.4 Å². The summed E-state index contributed by atoms with van der Waals surface area (Å²) >= 11 is 9.05. The molecule has 30 heavy (non-hydrogen) atoms. The number of amides is 1. The number of aryl methyl sites for hydroxylation is 1. The SMILES string of the molecule is COc1ccc(-n2c(C)cc(C=C3C(=N)N4N=C(SC)SC4=NC3=O)c2C)cc1Cl. The second-order valence-electron chi connectivity index (χ2n) is 6.57. The monoisotopic (exact) mass is 459 g/mol. The van der Waals surface area contributed by atoms with Crippen molar-refractivity contribution in [3.63, 3.8) is 0 Å². The Hall–Kier alpha value is -2.49. The van der Waals surface area contributed by atoms with Crippen molar-refractivity contribution >= 4 is 62.5 Å². The zero-order valence-electron chi connectivity index (χ0n) is 16.7. The van der Waals surface area contributed by atoms with Gasteiger partial charge in [-0.3, -0.25) is 10.2 Å². The molecule has 0 unspecified atom stereocenters. The van der Waals surface area contributed by atoms with Gasteiger partial charge in [-0.2, -0.15) is 10.0 Å². The lowest BCUT2D eigenvalue weighted by atomic mass is 10.1. The van der Waals surface area contributed by atoms with Crippen LogP contribution in [0.5, 0.6) is 5.75 Å². The summed E-state index contributed by atoms with van der Waals surface area (Å²) in [5.74, 6) is 0.196. The molecule has 154 valence electrons. The van der Waals surface area contributed by atoms with E-state index in [1.807, 2.05) is 48.9 Å². The Balaban J connectivity index is 1.74. The Bertz CT molecular complexity index is 1180. The van der Waals surface area contributed by atoms with Crippen LogP contribution in [0.2, 0.25) is 5.02 Å². The molecule has 2 aliphatic heterocycles. The molecule has 0 fully saturated rings. The fourth-order valence-corrected chi connectivity index (χ4v) is 4.94. The maximum atomic E-state index is 12.6. The molecule has 7 nitrogen and oxygen atoms in total. The number of rotatable bonds is 3. The minimum Gasteiger partial charge on any atom is -0.495 e. The van der Waals surface area contributed by atoms with Gasteiger partial charge in [0.2, 0.25) is 5.17 Å². The predicted octanol–water partition coefficient (Wildman–Crippen LogP) is 4.70. The number of hydrogen-bond acceptors (Lipinski definition) is 6. The Kier molecular flexibility index (Phi) is 5.52. The number of carbonyl (C=O) groups is 1. The molecule has 10 heteroatoms. The van der Waals surface area contributed by atoms with Crippen molar-refractivity contribution < 1.29 is 9.53 Å². The molecule has 0 saturated heterocycles. The molecule has 0 aliphatic carbocycles. The van der Waals surface area contributed by atoms with Gasteiger partial charge in [0, 0.05) is 17.1 Å². The third-order valence-corrected chi connectivity index (χ3v) is 6.95. The molecular weight excluding hydrogens is 442 g/mol. The van der Waals surface area contributed by atoms with E-state index in [1.54, 1.807) is 13.2 Å². The van der Waals surface area contributed by atoms with E-state index in [0.717, 1.165) is 27.0 Å². The van der Waals surface area contributed by atoms with Crippen molar-refractivity contribution in [2.75, 3.05) is 13.4 Å². The first-order valence-corrected chi connectivity index (χ1v) is 11.3. The Labute approximate surface area is 187 Å². The lowest BCUT2D eigenvalue weighted by Gasteiger charge is -2.20. The van der Waals surface area contributed by atoms with Crippen LogP contribution in [0, 0.1) is 19.3 Å². The number of aliphatic imine (C=N–C) groups is 1. The van der Waals surface area contributed by atoms with Gasteiger partial charge in [0.1, 0.15) is 5.75 Å². The number of hydrazone groups is 1. The van der Waals surface area contributed by atoms with Crippen molar-refractivity contribution in [2.24, 2.45) is 10.1 Å². The van der Waals surface area contributed by atoms with E-state index in [1.165, 1.54) is 28.5 Å². The molecular formula is C20H18ClN5O2S2. The van der Waals surface area contributed by atoms with E-state index in [2.05, 4.69) is 10.1 Å². The summed E-state index contributed by atoms with van der Waals surface area (Å²) in [5.41, 5.74) is 3.81. The maximum absolute atomic E-state index is 12.6. The lowest BCUT2D eigenvalue weighted by molar-refractivity contribution is -0.114. The molecule has 4 rings (SSSR count). The third kappa shape index (κ3) is 3.46. The fourth-order valence-electron chi connectivity index (χ4n) is 3.34. The van der Waals surface area contributed by atoms with Crippen molar-refractivity contribution in [2.45, 2.75) is 13.8 Å². The number of carbonyl (C=O) groups excluding carboxylic acids is 1. The van der Waals surface area contributed by atoms with Crippen LogP contribution >= 0.6 is 35.1 Å². The van der Waals surface area contributed by atoms with Crippen LogP contribution in [0.25, 0.3) is 11.8 Å². The van der Waals surface area contributed by atoms with Gasteiger partial charge in [0.05, 0.1) is 17.7 Å². The van der Waals surface area contributed by atoms with Gasteiger partial charge in [-0.05, 0) is 67.8 Å². The standard InChI is InChI=1S/C20H18ClN5O2S2/c1-10-7-12(11(2)25(10)13-5-6-16(28-3)15(21)9-13)8-14-17(22)26-19(23-18(14)27)30-20(24-26)29-4/h5-9,22H,1-4H3. The Morgan fingerprint density at radius 2 is 2.07 bits per heavy atom. The predicted molar refractivity (Wildman–Crippen MR) is 125 cm³/mol. The molecule has 1 N–H and O–H groups in total. The van der Waals surface area contributed by atoms with Gasteiger partial charge >= 0.3 is 0 Å². The maximum Gasteiger partial charge on any atom is 0.283 e. The van der Waals surface area contributed by atoms with E-state index in [4.69, 9.17) is 21.7 Å². The minimum atomic E-state index is -0.436. The van der Waals surface area contributed by atoms with Crippen LogP contribution < -0.4 is 4.74 Å². The average molecular weight is 460 g/mol. The summed E-state index contributed by atoms with van der Waals surface area (Å²) < 4.78 is 8.03. The molecule has 0 radical (unpaired) electrons. The summed E-state index contributed by atoms with van der Waals surface area (Å²) in [6.45, 7) is 3.93. The highest BCUT2D eigenvalue weighted by molar-refractivity contribution is 8.45. The fraction of sp³-hybridized carbons (Fsp3) is 0.200. The average Bonchev–Trinajstić information content (AvgIpc) is 3.25. The van der Waals surface area contributed by atoms with Crippen LogP contribution in [0.15, 0.2) is 39.9 Å². The number of halogens is 1. The van der Waals surface area contributed by atoms with Gasteiger partial charge in [0.15, 0.2) is 10.2 Å². The molecule has 0 bridgehead atoms. The molecule has 1 aromatic carbocycles. The molecule has 0 spiro atoms. The molecule has 0 atom stereocenters. The zero-order chi connectivity index (χ0) is 21.6. The van der Waals surface area contributed by atoms with Crippen molar-refractivity contribution in [3.05, 3.63) is 51.8 Å². The number of aromatic nitrogens is 1. The Morgan fingerprint density at radius 3 is 2.73 bits per heavy atom. The van der Waals surface area contributed by atoms with Crippen molar-refractivity contribution in [1.29, 1.82) is 5.41 Å². The summed E-state index contributed by atoms with van der Waals surface area (Å²) in [7, 11) is 1.58. The van der Waals surface area contributed by atoms with Crippen LogP contribution in [0.4, 0.5) is 0 Å². The number of methoxy groups -OCH3 is 1. The van der Waals surface area contributed by atoms with E-state index >= 15 is 0 Å². The topological polar surface area (TPSA) is 83.0 Å². The lowest BCUT2D eigenvalue weighted by Crippen LogP contribution is -2.35. The normalized spacial score (nSPS) is 17.4. The highest BCUT2D eigenvalue weighted by Crippen LogP contribution is 2.33. The largest absolute Gasteiger partial charge is 0.495 e. The number of thioether (sulfide) groups is 2. The van der Waals surface area contributed by atoms with E-state index in [9.17, 15) is 4.79 Å². The summed E-state index contributed by atoms with van der Waals surface area (Å²) in [6.07, 6.45) is 3.60. The van der Waals surface area contributed by atoms with E-state index in [0.29, 0.717) is 15.9 Å². The highest BCUT2D eigenvalue weighted by atomic mass is 35.5. The van der Waals surface area contributed by atoms with Gasteiger partial charge in [-0.1, -0.05) is 11.6 Å². The number of nitrogens with one attached hydrogen (secondary N) is 1. The first-order chi connectivity index (χ1) is 14.3. The summed E-state index contributed by atoms with van der Waals surface area (Å²) in [4.78, 5) is 16.7.